The molecular formula is C27H22N2O3S. The van der Waals surface area contributed by atoms with E-state index in [1.54, 1.807) is 11.5 Å². The van der Waals surface area contributed by atoms with Crippen LogP contribution >= 0.6 is 11.3 Å². The van der Waals surface area contributed by atoms with E-state index in [0.717, 1.165) is 27.7 Å². The Balaban J connectivity index is 1.58. The van der Waals surface area contributed by atoms with Crippen molar-refractivity contribution >= 4 is 33.4 Å². The van der Waals surface area contributed by atoms with E-state index in [2.05, 4.69) is 11.6 Å². The molecule has 0 aliphatic heterocycles. The first-order valence-corrected chi connectivity index (χ1v) is 11.4. The number of hydrogen-bond acceptors (Lipinski definition) is 5. The summed E-state index contributed by atoms with van der Waals surface area (Å²) in [7, 11) is 1.62. The Morgan fingerprint density at radius 1 is 1.09 bits per heavy atom. The van der Waals surface area contributed by atoms with E-state index < -0.39 is 0 Å². The van der Waals surface area contributed by atoms with Crippen LogP contribution in [0.25, 0.3) is 22.1 Å². The van der Waals surface area contributed by atoms with Gasteiger partial charge in [-0.05, 0) is 47.9 Å². The fourth-order valence-electron chi connectivity index (χ4n) is 3.88. The van der Waals surface area contributed by atoms with Gasteiger partial charge in [0.15, 0.2) is 16.5 Å². The lowest BCUT2D eigenvalue weighted by Gasteiger charge is -2.16. The largest absolute Gasteiger partial charge is 0.493 e. The Morgan fingerprint density at radius 2 is 1.88 bits per heavy atom. The molecule has 0 saturated heterocycles. The summed E-state index contributed by atoms with van der Waals surface area (Å²) in [4.78, 5) is 18.4. The second-order valence-electron chi connectivity index (χ2n) is 7.61. The number of ether oxygens (including phenoxy) is 2. The van der Waals surface area contributed by atoms with Gasteiger partial charge in [0.25, 0.3) is 5.56 Å². The highest BCUT2D eigenvalue weighted by Gasteiger charge is 2.14. The number of fused-ring (bicyclic) bond motifs is 3. The van der Waals surface area contributed by atoms with Gasteiger partial charge < -0.3 is 9.47 Å². The molecule has 0 bridgehead atoms. The number of allylic oxidation sites excluding steroid dienone is 1. The van der Waals surface area contributed by atoms with E-state index in [-0.39, 0.29) is 5.56 Å². The molecule has 0 unspecified atom stereocenters. The zero-order chi connectivity index (χ0) is 22.8. The molecule has 0 spiro atoms. The molecule has 5 nitrogen and oxygen atoms in total. The third kappa shape index (κ3) is 4.01. The second-order valence-corrected chi connectivity index (χ2v) is 8.62. The Hall–Kier alpha value is -3.90. The van der Waals surface area contributed by atoms with Gasteiger partial charge in [-0.1, -0.05) is 59.9 Å². The molecule has 5 rings (SSSR count). The molecule has 0 saturated carbocycles. The van der Waals surface area contributed by atoms with E-state index >= 15 is 0 Å². The lowest BCUT2D eigenvalue weighted by Crippen LogP contribution is -2.22. The number of methoxy groups -OCH3 is 1. The molecule has 0 amide bonds. The van der Waals surface area contributed by atoms with E-state index in [1.165, 1.54) is 11.3 Å². The number of rotatable bonds is 7. The van der Waals surface area contributed by atoms with Crippen molar-refractivity contribution in [1.82, 2.24) is 9.38 Å². The minimum Gasteiger partial charge on any atom is -0.493 e. The van der Waals surface area contributed by atoms with Gasteiger partial charge >= 0.3 is 0 Å². The van der Waals surface area contributed by atoms with Crippen molar-refractivity contribution in [3.63, 3.8) is 0 Å². The number of imidazole rings is 1. The minimum atomic E-state index is -0.0719. The van der Waals surface area contributed by atoms with Crippen molar-refractivity contribution in [3.05, 3.63) is 111 Å². The first kappa shape index (κ1) is 21.0. The van der Waals surface area contributed by atoms with E-state index in [0.29, 0.717) is 34.0 Å². The molecule has 0 atom stereocenters. The van der Waals surface area contributed by atoms with Crippen LogP contribution < -0.4 is 19.6 Å². The lowest BCUT2D eigenvalue weighted by atomic mass is 10.1. The summed E-state index contributed by atoms with van der Waals surface area (Å²) in [5.74, 6) is 1.31. The first-order valence-electron chi connectivity index (χ1n) is 10.6. The smallest absolute Gasteiger partial charge is 0.274 e. The molecule has 3 aromatic carbocycles. The van der Waals surface area contributed by atoms with Crippen LogP contribution in [0, 0.1) is 0 Å². The second kappa shape index (κ2) is 8.92. The molecule has 5 aromatic rings. The average molecular weight is 455 g/mol. The van der Waals surface area contributed by atoms with Crippen LogP contribution in [0.4, 0.5) is 0 Å². The summed E-state index contributed by atoms with van der Waals surface area (Å²) in [6.07, 6.45) is 4.33. The fraction of sp³-hybridized carbons (Fsp3) is 0.111. The third-order valence-electron chi connectivity index (χ3n) is 5.41. The fourth-order valence-corrected chi connectivity index (χ4v) is 4.87. The van der Waals surface area contributed by atoms with Crippen molar-refractivity contribution in [2.45, 2.75) is 13.0 Å². The van der Waals surface area contributed by atoms with Gasteiger partial charge in [0.05, 0.1) is 22.7 Å². The van der Waals surface area contributed by atoms with Gasteiger partial charge in [0.1, 0.15) is 6.61 Å². The Labute approximate surface area is 194 Å². The van der Waals surface area contributed by atoms with Gasteiger partial charge in [-0.25, -0.2) is 9.38 Å². The van der Waals surface area contributed by atoms with Gasteiger partial charge in [-0.15, -0.1) is 6.58 Å². The molecule has 0 aliphatic carbocycles. The summed E-state index contributed by atoms with van der Waals surface area (Å²) in [5.41, 5.74) is 4.46. The maximum absolute atomic E-state index is 13.1. The Bertz CT molecular complexity index is 1570. The van der Waals surface area contributed by atoms with Crippen molar-refractivity contribution in [3.8, 4) is 11.5 Å². The molecule has 0 radical (unpaired) electrons. The predicted molar refractivity (Wildman–Crippen MR) is 133 cm³/mol. The van der Waals surface area contributed by atoms with Gasteiger partial charge in [0.2, 0.25) is 0 Å². The average Bonchev–Trinajstić information content (AvgIpc) is 3.35. The topological polar surface area (TPSA) is 52.8 Å². The first-order chi connectivity index (χ1) is 16.2. The molecule has 2 heterocycles. The van der Waals surface area contributed by atoms with Gasteiger partial charge in [-0.2, -0.15) is 0 Å². The Kier molecular flexibility index (Phi) is 5.67. The summed E-state index contributed by atoms with van der Waals surface area (Å²) in [5, 5.41) is 0. The van der Waals surface area contributed by atoms with Crippen LogP contribution in [0.5, 0.6) is 11.5 Å². The molecule has 0 fully saturated rings. The zero-order valence-electron chi connectivity index (χ0n) is 18.2. The van der Waals surface area contributed by atoms with Gasteiger partial charge in [-0.3, -0.25) is 4.79 Å². The van der Waals surface area contributed by atoms with Crippen molar-refractivity contribution in [2.24, 2.45) is 0 Å². The van der Waals surface area contributed by atoms with Crippen molar-refractivity contribution in [1.29, 1.82) is 0 Å². The number of benzene rings is 3. The van der Waals surface area contributed by atoms with Crippen LogP contribution in [0.2, 0.25) is 0 Å². The number of nitrogens with zero attached hydrogens (tertiary/aromatic N) is 2. The number of thiazole rings is 1. The molecule has 164 valence electrons. The van der Waals surface area contributed by atoms with Crippen LogP contribution in [0.1, 0.15) is 16.7 Å². The molecule has 0 N–H and O–H groups in total. The van der Waals surface area contributed by atoms with E-state index in [1.807, 2.05) is 78.9 Å². The molecule has 33 heavy (non-hydrogen) atoms. The number of hydrogen-bond donors (Lipinski definition) is 0. The third-order valence-corrected chi connectivity index (χ3v) is 6.38. The Morgan fingerprint density at radius 3 is 2.67 bits per heavy atom. The maximum atomic E-state index is 13.1. The molecule has 2 aromatic heterocycles. The zero-order valence-corrected chi connectivity index (χ0v) is 19.0. The maximum Gasteiger partial charge on any atom is 0.274 e. The minimum absolute atomic E-state index is 0.0719. The van der Waals surface area contributed by atoms with Crippen LogP contribution in [-0.2, 0) is 13.0 Å². The molecule has 0 aliphatic rings. The number of aromatic nitrogens is 2. The van der Waals surface area contributed by atoms with Crippen LogP contribution in [-0.4, -0.2) is 16.5 Å². The highest BCUT2D eigenvalue weighted by atomic mass is 32.1. The van der Waals surface area contributed by atoms with Crippen molar-refractivity contribution in [2.75, 3.05) is 7.11 Å². The summed E-state index contributed by atoms with van der Waals surface area (Å²) in [6.45, 7) is 4.32. The summed E-state index contributed by atoms with van der Waals surface area (Å²) < 4.78 is 14.1. The standard InChI is InChI=1S/C27H22N2O3S/c1-3-9-20-14-19(15-23(31-2)25(20)32-17-18-10-5-4-6-11-18)16-24-26(30)29-22-13-8-7-12-21(22)28-27(29)33-24/h3-8,10-16H,1,9,17H2,2H3/b24-16-. The predicted octanol–water partition coefficient (Wildman–Crippen LogP) is 4.77. The van der Waals surface area contributed by atoms with Crippen LogP contribution in [0.3, 0.4) is 0 Å². The van der Waals surface area contributed by atoms with Crippen molar-refractivity contribution < 1.29 is 9.47 Å². The summed E-state index contributed by atoms with van der Waals surface area (Å²) in [6, 6.07) is 21.6. The lowest BCUT2D eigenvalue weighted by molar-refractivity contribution is 0.282. The highest BCUT2D eigenvalue weighted by Crippen LogP contribution is 2.34. The SMILES string of the molecule is C=CCc1cc(/C=c2\sc3nc4ccccc4n3c2=O)cc(OC)c1OCc1ccccc1. The quantitative estimate of drug-likeness (QED) is 0.332. The van der Waals surface area contributed by atoms with E-state index in [9.17, 15) is 4.79 Å². The normalized spacial score (nSPS) is 11.8. The molecule has 6 heteroatoms. The monoisotopic (exact) mass is 454 g/mol. The highest BCUT2D eigenvalue weighted by molar-refractivity contribution is 7.15. The molecular weight excluding hydrogens is 432 g/mol. The van der Waals surface area contributed by atoms with E-state index in [4.69, 9.17) is 9.47 Å². The summed E-state index contributed by atoms with van der Waals surface area (Å²) >= 11 is 1.38. The van der Waals surface area contributed by atoms with Gasteiger partial charge in [0, 0.05) is 5.56 Å². The number of para-hydroxylation sites is 2. The van der Waals surface area contributed by atoms with Crippen LogP contribution in [0.15, 0.2) is 84.2 Å².